The number of guanidine groups is 1. The quantitative estimate of drug-likeness (QED) is 0.604. The summed E-state index contributed by atoms with van der Waals surface area (Å²) in [6.07, 6.45) is 3.82. The van der Waals surface area contributed by atoms with Crippen molar-refractivity contribution in [3.63, 3.8) is 0 Å². The maximum atomic E-state index is 6.19. The molecule has 0 aliphatic heterocycles. The lowest BCUT2D eigenvalue weighted by Crippen LogP contribution is -2.37. The standard InChI is InChI=1S/C17H23Cl2N5/c1-12(2)11-24-7-6-21-16(24)10-23-17(20-3)22-9-13-4-5-14(18)8-15(13)19/h4-8,12H,9-11H2,1-3H3,(H2,20,22,23). The molecule has 0 saturated carbocycles. The minimum absolute atomic E-state index is 0.566. The summed E-state index contributed by atoms with van der Waals surface area (Å²) in [6, 6.07) is 5.46. The molecule has 7 heteroatoms. The second kappa shape index (κ2) is 8.94. The number of imidazole rings is 1. The van der Waals surface area contributed by atoms with E-state index in [1.165, 1.54) is 0 Å². The van der Waals surface area contributed by atoms with Crippen molar-refractivity contribution in [2.45, 2.75) is 33.5 Å². The maximum Gasteiger partial charge on any atom is 0.191 e. The van der Waals surface area contributed by atoms with Crippen molar-refractivity contribution in [1.29, 1.82) is 0 Å². The van der Waals surface area contributed by atoms with Crippen LogP contribution in [0.4, 0.5) is 0 Å². The Bertz CT molecular complexity index is 694. The zero-order valence-corrected chi connectivity index (χ0v) is 15.7. The average molecular weight is 368 g/mol. The van der Waals surface area contributed by atoms with Crippen molar-refractivity contribution in [2.24, 2.45) is 10.9 Å². The highest BCUT2D eigenvalue weighted by Crippen LogP contribution is 2.20. The van der Waals surface area contributed by atoms with Gasteiger partial charge in [-0.05, 0) is 23.6 Å². The molecule has 2 aromatic rings. The van der Waals surface area contributed by atoms with E-state index in [0.29, 0.717) is 35.0 Å². The highest BCUT2D eigenvalue weighted by molar-refractivity contribution is 6.35. The number of nitrogens with one attached hydrogen (secondary N) is 2. The molecule has 0 aliphatic rings. The van der Waals surface area contributed by atoms with Crippen molar-refractivity contribution >= 4 is 29.2 Å². The summed E-state index contributed by atoms with van der Waals surface area (Å²) in [5, 5.41) is 7.78. The number of aromatic nitrogens is 2. The molecule has 2 rings (SSSR count). The summed E-state index contributed by atoms with van der Waals surface area (Å²) in [4.78, 5) is 8.63. The molecule has 1 aromatic heterocycles. The lowest BCUT2D eigenvalue weighted by Gasteiger charge is -2.14. The summed E-state index contributed by atoms with van der Waals surface area (Å²) in [5.74, 6) is 2.25. The van der Waals surface area contributed by atoms with Crippen LogP contribution in [0.2, 0.25) is 10.0 Å². The smallest absolute Gasteiger partial charge is 0.191 e. The fourth-order valence-electron chi connectivity index (χ4n) is 2.29. The molecule has 1 heterocycles. The molecule has 2 N–H and O–H groups in total. The van der Waals surface area contributed by atoms with Gasteiger partial charge >= 0.3 is 0 Å². The van der Waals surface area contributed by atoms with E-state index in [1.807, 2.05) is 24.5 Å². The van der Waals surface area contributed by atoms with Gasteiger partial charge in [-0.1, -0.05) is 43.1 Å². The minimum Gasteiger partial charge on any atom is -0.352 e. The summed E-state index contributed by atoms with van der Waals surface area (Å²) >= 11 is 12.1. The largest absolute Gasteiger partial charge is 0.352 e. The van der Waals surface area contributed by atoms with Gasteiger partial charge in [0.15, 0.2) is 5.96 Å². The predicted molar refractivity (Wildman–Crippen MR) is 101 cm³/mol. The number of benzene rings is 1. The summed E-state index contributed by atoms with van der Waals surface area (Å²) < 4.78 is 2.15. The third kappa shape index (κ3) is 5.42. The number of hydrogen-bond acceptors (Lipinski definition) is 2. The Hall–Kier alpha value is -1.72. The van der Waals surface area contributed by atoms with Gasteiger partial charge in [0.25, 0.3) is 0 Å². The van der Waals surface area contributed by atoms with Gasteiger partial charge in [0.2, 0.25) is 0 Å². The summed E-state index contributed by atoms with van der Waals surface area (Å²) in [6.45, 7) is 6.49. The van der Waals surface area contributed by atoms with E-state index in [-0.39, 0.29) is 0 Å². The SMILES string of the molecule is CN=C(NCc1ccc(Cl)cc1Cl)NCc1nccn1CC(C)C. The van der Waals surface area contributed by atoms with Gasteiger partial charge < -0.3 is 15.2 Å². The number of halogens is 2. The molecular weight excluding hydrogens is 345 g/mol. The minimum atomic E-state index is 0.566. The molecule has 0 atom stereocenters. The van der Waals surface area contributed by atoms with Crippen LogP contribution in [0.1, 0.15) is 25.2 Å². The van der Waals surface area contributed by atoms with Crippen molar-refractivity contribution in [1.82, 2.24) is 20.2 Å². The molecule has 24 heavy (non-hydrogen) atoms. The molecule has 0 bridgehead atoms. The molecule has 0 fully saturated rings. The highest BCUT2D eigenvalue weighted by atomic mass is 35.5. The first kappa shape index (κ1) is 18.6. The van der Waals surface area contributed by atoms with Crippen LogP contribution in [0.25, 0.3) is 0 Å². The van der Waals surface area contributed by atoms with Gasteiger partial charge in [0.1, 0.15) is 5.82 Å². The fourth-order valence-corrected chi connectivity index (χ4v) is 2.77. The zero-order valence-electron chi connectivity index (χ0n) is 14.2. The van der Waals surface area contributed by atoms with Gasteiger partial charge in [-0.25, -0.2) is 4.98 Å². The van der Waals surface area contributed by atoms with E-state index in [9.17, 15) is 0 Å². The van der Waals surface area contributed by atoms with Crippen molar-refractivity contribution in [2.75, 3.05) is 7.05 Å². The molecule has 0 amide bonds. The van der Waals surface area contributed by atoms with Gasteiger partial charge in [0.05, 0.1) is 6.54 Å². The van der Waals surface area contributed by atoms with E-state index in [1.54, 1.807) is 13.1 Å². The van der Waals surface area contributed by atoms with Crippen LogP contribution in [0.15, 0.2) is 35.6 Å². The third-order valence-corrected chi connectivity index (χ3v) is 4.05. The molecular formula is C17H23Cl2N5. The number of nitrogens with zero attached hydrogens (tertiary/aromatic N) is 3. The monoisotopic (exact) mass is 367 g/mol. The van der Waals surface area contributed by atoms with Crippen LogP contribution < -0.4 is 10.6 Å². The Morgan fingerprint density at radius 1 is 1.25 bits per heavy atom. The first-order chi connectivity index (χ1) is 11.5. The van der Waals surface area contributed by atoms with Gasteiger partial charge in [-0.15, -0.1) is 0 Å². The molecule has 0 spiro atoms. The number of aliphatic imine (C=N–C) groups is 1. The topological polar surface area (TPSA) is 54.2 Å². The summed E-state index contributed by atoms with van der Waals surface area (Å²) in [7, 11) is 1.74. The number of hydrogen-bond donors (Lipinski definition) is 2. The van der Waals surface area contributed by atoms with E-state index < -0.39 is 0 Å². The third-order valence-electron chi connectivity index (χ3n) is 3.46. The van der Waals surface area contributed by atoms with Crippen LogP contribution >= 0.6 is 23.2 Å². The molecule has 0 radical (unpaired) electrons. The molecule has 1 aromatic carbocycles. The van der Waals surface area contributed by atoms with Crippen LogP contribution in [-0.2, 0) is 19.6 Å². The molecule has 0 unspecified atom stereocenters. The molecule has 5 nitrogen and oxygen atoms in total. The van der Waals surface area contributed by atoms with Crippen molar-refractivity contribution in [3.05, 3.63) is 52.0 Å². The van der Waals surface area contributed by atoms with Gasteiger partial charge in [-0.2, -0.15) is 0 Å². The fraction of sp³-hybridized carbons (Fsp3) is 0.412. The van der Waals surface area contributed by atoms with Crippen LogP contribution in [0, 0.1) is 5.92 Å². The second-order valence-electron chi connectivity index (χ2n) is 5.90. The second-order valence-corrected chi connectivity index (χ2v) is 6.75. The Kier molecular flexibility index (Phi) is 6.94. The van der Waals surface area contributed by atoms with Crippen molar-refractivity contribution in [3.8, 4) is 0 Å². The lowest BCUT2D eigenvalue weighted by molar-refractivity contribution is 0.503. The van der Waals surface area contributed by atoms with Crippen LogP contribution in [-0.4, -0.2) is 22.6 Å². The Balaban J connectivity index is 1.90. The Morgan fingerprint density at radius 3 is 2.67 bits per heavy atom. The Labute approximate surface area is 153 Å². The van der Waals surface area contributed by atoms with Crippen LogP contribution in [0.3, 0.4) is 0 Å². The summed E-state index contributed by atoms with van der Waals surface area (Å²) in [5.41, 5.74) is 0.963. The normalized spacial score (nSPS) is 11.8. The first-order valence-corrected chi connectivity index (χ1v) is 8.63. The van der Waals surface area contributed by atoms with E-state index in [4.69, 9.17) is 23.2 Å². The lowest BCUT2D eigenvalue weighted by atomic mass is 10.2. The molecule has 0 saturated heterocycles. The zero-order chi connectivity index (χ0) is 17.5. The highest BCUT2D eigenvalue weighted by Gasteiger charge is 2.07. The van der Waals surface area contributed by atoms with E-state index in [0.717, 1.165) is 17.9 Å². The molecule has 0 aliphatic carbocycles. The predicted octanol–water partition coefficient (Wildman–Crippen LogP) is 3.71. The van der Waals surface area contributed by atoms with Crippen molar-refractivity contribution < 1.29 is 0 Å². The van der Waals surface area contributed by atoms with Gasteiger partial charge in [0, 0.05) is 42.6 Å². The Morgan fingerprint density at radius 2 is 2.00 bits per heavy atom. The maximum absolute atomic E-state index is 6.19. The van der Waals surface area contributed by atoms with Crippen LogP contribution in [0.5, 0.6) is 0 Å². The average Bonchev–Trinajstić information content (AvgIpc) is 2.95. The van der Waals surface area contributed by atoms with E-state index in [2.05, 4.69) is 39.0 Å². The number of rotatable bonds is 6. The van der Waals surface area contributed by atoms with Gasteiger partial charge in [-0.3, -0.25) is 4.99 Å². The van der Waals surface area contributed by atoms with E-state index >= 15 is 0 Å². The first-order valence-electron chi connectivity index (χ1n) is 7.88. The molecule has 130 valence electrons.